The standard InChI is InChI=1S/C30H78Si8/c1-27(2,3)33(19,20)37(31(13,14)15,34(21,22)28(4,5)6)38(32(16,17)18,35(23,24)29(7,8)9)36(25,26)30(10,11)12/h1-26H3. The zero-order valence-electron chi connectivity index (χ0n) is 32.0. The van der Waals surface area contributed by atoms with Crippen LogP contribution in [0.5, 0.6) is 0 Å². The molecule has 0 bridgehead atoms. The first-order valence-corrected chi connectivity index (χ1v) is 45.8. The van der Waals surface area contributed by atoms with Gasteiger partial charge < -0.3 is 0 Å². The highest BCUT2D eigenvalue weighted by Gasteiger charge is 2.87. The second kappa shape index (κ2) is 10.1. The molecule has 0 nitrogen and oxygen atoms in total. The molecule has 0 fully saturated rings. The van der Waals surface area contributed by atoms with Crippen molar-refractivity contribution in [3.8, 4) is 0 Å². The maximum absolute atomic E-state index is 3.03. The third-order valence-electron chi connectivity index (χ3n) is 14.1. The van der Waals surface area contributed by atoms with Crippen molar-refractivity contribution in [1.29, 1.82) is 0 Å². The molecule has 0 aromatic carbocycles. The molecule has 0 radical (unpaired) electrons. The van der Waals surface area contributed by atoms with Crippen LogP contribution in [0, 0.1) is 0 Å². The van der Waals surface area contributed by atoms with Crippen LogP contribution in [0.15, 0.2) is 0 Å². The Labute approximate surface area is 251 Å². The highest BCUT2D eigenvalue weighted by molar-refractivity contribution is 8.28. The second-order valence-corrected chi connectivity index (χ2v) is 112. The highest BCUT2D eigenvalue weighted by Crippen LogP contribution is 2.66. The molecule has 0 N–H and O–H groups in total. The van der Waals surface area contributed by atoms with Crippen molar-refractivity contribution < 1.29 is 0 Å². The van der Waals surface area contributed by atoms with Crippen LogP contribution in [-0.4, -0.2) is 57.8 Å². The molecule has 0 aromatic heterocycles. The van der Waals surface area contributed by atoms with E-state index in [1.165, 1.54) is 0 Å². The van der Waals surface area contributed by atoms with Crippen LogP contribution in [0.3, 0.4) is 0 Å². The Morgan fingerprint density at radius 3 is 0.395 bits per heavy atom. The van der Waals surface area contributed by atoms with Gasteiger partial charge in [-0.05, 0) is 20.2 Å². The lowest BCUT2D eigenvalue weighted by atomic mass is 10.2. The Balaban J connectivity index is 9.84. The lowest BCUT2D eigenvalue weighted by molar-refractivity contribution is 0.723. The molecular weight excluding hydrogens is 585 g/mol. The lowest BCUT2D eigenvalue weighted by Gasteiger charge is -2.82. The van der Waals surface area contributed by atoms with E-state index in [1.807, 2.05) is 0 Å². The van der Waals surface area contributed by atoms with E-state index in [4.69, 9.17) is 0 Å². The van der Waals surface area contributed by atoms with Gasteiger partial charge in [0.15, 0.2) is 0 Å². The Kier molecular flexibility index (Phi) is 10.6. The first-order valence-electron chi connectivity index (χ1n) is 15.8. The summed E-state index contributed by atoms with van der Waals surface area (Å²) in [7, 11) is -10.3. The fourth-order valence-electron chi connectivity index (χ4n) is 10.6. The van der Waals surface area contributed by atoms with Crippen LogP contribution in [0.2, 0.25) is 112 Å². The summed E-state index contributed by atoms with van der Waals surface area (Å²) in [5.41, 5.74) is 0. The Hall–Kier alpha value is 1.74. The summed E-state index contributed by atoms with van der Waals surface area (Å²) in [6.07, 6.45) is -3.78. The van der Waals surface area contributed by atoms with Crippen molar-refractivity contribution in [2.45, 2.75) is 195 Å². The third kappa shape index (κ3) is 5.02. The summed E-state index contributed by atoms with van der Waals surface area (Å²) in [5, 5.41) is 1.77. The number of rotatable bonds is 7. The molecule has 0 saturated heterocycles. The largest absolute Gasteiger partial charge is 0.0721 e. The van der Waals surface area contributed by atoms with Gasteiger partial charge in [0.25, 0.3) is 0 Å². The van der Waals surface area contributed by atoms with E-state index in [-0.39, 0.29) is 0 Å². The maximum Gasteiger partial charge on any atom is 0.0391 e. The summed E-state index contributed by atoms with van der Waals surface area (Å²) in [6, 6.07) is 0. The van der Waals surface area contributed by atoms with Crippen molar-refractivity contribution in [2.75, 3.05) is 0 Å². The topological polar surface area (TPSA) is 0 Å². The van der Waals surface area contributed by atoms with Gasteiger partial charge in [0.2, 0.25) is 0 Å². The molecule has 38 heavy (non-hydrogen) atoms. The van der Waals surface area contributed by atoms with E-state index >= 15 is 0 Å². The lowest BCUT2D eigenvalue weighted by Crippen LogP contribution is -3.10. The summed E-state index contributed by atoms with van der Waals surface area (Å²) < 4.78 is 0. The molecule has 0 aliphatic carbocycles. The summed E-state index contributed by atoms with van der Waals surface area (Å²) in [6.45, 7) is 74.8. The molecule has 230 valence electrons. The van der Waals surface area contributed by atoms with Gasteiger partial charge in [-0.15, -0.1) is 0 Å². The minimum atomic E-state index is -1.89. The molecule has 0 aliphatic rings. The first-order chi connectivity index (χ1) is 15.8. The fourth-order valence-corrected chi connectivity index (χ4v) is 447. The molecule has 0 rings (SSSR count). The molecule has 8 heteroatoms. The van der Waals surface area contributed by atoms with E-state index in [2.05, 4.69) is 175 Å². The molecule has 0 atom stereocenters. The third-order valence-corrected chi connectivity index (χ3v) is 239. The van der Waals surface area contributed by atoms with Crippen LogP contribution in [0.1, 0.15) is 83.1 Å². The van der Waals surface area contributed by atoms with E-state index in [0.29, 0.717) is 20.2 Å². The first kappa shape index (κ1) is 39.7. The van der Waals surface area contributed by atoms with Crippen molar-refractivity contribution >= 4 is 57.8 Å². The van der Waals surface area contributed by atoms with E-state index < -0.39 is 57.8 Å². The highest BCUT2D eigenvalue weighted by atomic mass is 30.5. The normalized spacial score (nSPS) is 17.2. The van der Waals surface area contributed by atoms with Gasteiger partial charge in [-0.1, -0.05) is 175 Å². The van der Waals surface area contributed by atoms with E-state index in [9.17, 15) is 0 Å². The molecule has 0 spiro atoms. The molecule has 0 saturated carbocycles. The van der Waals surface area contributed by atoms with Crippen LogP contribution >= 0.6 is 0 Å². The van der Waals surface area contributed by atoms with Crippen LogP contribution in [0.4, 0.5) is 0 Å². The van der Waals surface area contributed by atoms with Gasteiger partial charge in [-0.25, -0.2) is 0 Å². The number of hydrogen-bond acceptors (Lipinski definition) is 0. The van der Waals surface area contributed by atoms with Crippen molar-refractivity contribution in [3.05, 3.63) is 0 Å². The predicted molar refractivity (Wildman–Crippen MR) is 207 cm³/mol. The van der Waals surface area contributed by atoms with Crippen molar-refractivity contribution in [3.63, 3.8) is 0 Å². The van der Waals surface area contributed by atoms with Crippen LogP contribution in [0.25, 0.3) is 0 Å². The average molecular weight is 664 g/mol. The Morgan fingerprint density at radius 1 is 0.237 bits per heavy atom. The van der Waals surface area contributed by atoms with Gasteiger partial charge in [0.05, 0.1) is 0 Å². The maximum atomic E-state index is 3.03. The zero-order valence-corrected chi connectivity index (χ0v) is 40.0. The van der Waals surface area contributed by atoms with Crippen molar-refractivity contribution in [1.82, 2.24) is 0 Å². The minimum Gasteiger partial charge on any atom is -0.0721 e. The second-order valence-electron chi connectivity index (χ2n) is 21.5. The molecule has 0 amide bonds. The quantitative estimate of drug-likeness (QED) is 0.238. The molecule has 0 unspecified atom stereocenters. The molecule has 0 heterocycles. The van der Waals surface area contributed by atoms with Crippen LogP contribution in [-0.2, 0) is 0 Å². The fraction of sp³-hybridized carbons (Fsp3) is 1.00. The minimum absolute atomic E-state index is 0.442. The van der Waals surface area contributed by atoms with Gasteiger partial charge in [-0.3, -0.25) is 0 Å². The molecule has 0 aliphatic heterocycles. The zero-order chi connectivity index (χ0) is 32.0. The Bertz CT molecular complexity index is 716. The summed E-state index contributed by atoms with van der Waals surface area (Å²) in [5.74, 6) is 0. The van der Waals surface area contributed by atoms with Gasteiger partial charge in [0, 0.05) is 57.8 Å². The Morgan fingerprint density at radius 2 is 0.342 bits per heavy atom. The van der Waals surface area contributed by atoms with Crippen molar-refractivity contribution in [2.24, 2.45) is 0 Å². The predicted octanol–water partition coefficient (Wildman–Crippen LogP) is 12.1. The molecular formula is C30H78Si8. The monoisotopic (exact) mass is 662 g/mol. The van der Waals surface area contributed by atoms with Gasteiger partial charge >= 0.3 is 0 Å². The summed E-state index contributed by atoms with van der Waals surface area (Å²) >= 11 is 0. The van der Waals surface area contributed by atoms with Gasteiger partial charge in [0.1, 0.15) is 0 Å². The molecule has 0 aromatic rings. The SMILES string of the molecule is CC(C)(C)[Si](C)(C)[Si]([Si](C)(C)C)([Si](C)(C)C(C)(C)C)[Si]([Si](C)(C)C)([Si](C)(C)C(C)(C)C)[Si](C)(C)C(C)(C)C. The summed E-state index contributed by atoms with van der Waals surface area (Å²) in [4.78, 5) is 0. The smallest absolute Gasteiger partial charge is 0.0391 e. The average Bonchev–Trinajstić information content (AvgIpc) is 2.51. The van der Waals surface area contributed by atoms with E-state index in [1.54, 1.807) is 0 Å². The number of hydrogen-bond donors (Lipinski definition) is 0. The van der Waals surface area contributed by atoms with E-state index in [0.717, 1.165) is 0 Å². The van der Waals surface area contributed by atoms with Crippen LogP contribution < -0.4 is 0 Å². The van der Waals surface area contributed by atoms with Gasteiger partial charge in [-0.2, -0.15) is 0 Å².